The maximum atomic E-state index is 8.87. The quantitative estimate of drug-likeness (QED) is 0.586. The molecule has 0 bridgehead atoms. The first-order valence-corrected chi connectivity index (χ1v) is 3.99. The Morgan fingerprint density at radius 3 is 2.77 bits per heavy atom. The number of hydrogen-bond donors (Lipinski definition) is 3. The first-order chi connectivity index (χ1) is 6.19. The molecule has 1 rings (SSSR count). The number of aliphatic hydroxyl groups is 1. The van der Waals surface area contributed by atoms with Gasteiger partial charge in [-0.1, -0.05) is 6.07 Å². The van der Waals surface area contributed by atoms with E-state index in [9.17, 15) is 0 Å². The van der Waals surface area contributed by atoms with E-state index in [1.165, 1.54) is 0 Å². The van der Waals surface area contributed by atoms with Crippen LogP contribution in [0.2, 0.25) is 0 Å². The molecule has 0 radical (unpaired) electrons. The predicted octanol–water partition coefficient (Wildman–Crippen LogP) is 0.270. The molecule has 1 atom stereocenters. The van der Waals surface area contributed by atoms with Crippen LogP contribution in [0.15, 0.2) is 18.2 Å². The van der Waals surface area contributed by atoms with Crippen molar-refractivity contribution >= 4 is 5.69 Å². The summed E-state index contributed by atoms with van der Waals surface area (Å²) in [6, 6.07) is 4.75. The van der Waals surface area contributed by atoms with Gasteiger partial charge in [-0.25, -0.2) is 0 Å². The molecule has 0 unspecified atom stereocenters. The van der Waals surface area contributed by atoms with Crippen LogP contribution in [0.5, 0.6) is 5.75 Å². The number of methoxy groups -OCH3 is 1. The van der Waals surface area contributed by atoms with Gasteiger partial charge in [0.2, 0.25) is 0 Å². The lowest BCUT2D eigenvalue weighted by Crippen LogP contribution is -2.15. The summed E-state index contributed by atoms with van der Waals surface area (Å²) < 4.78 is 5.08. The first kappa shape index (κ1) is 9.83. The lowest BCUT2D eigenvalue weighted by atomic mass is 10.1. The van der Waals surface area contributed by atoms with Crippen molar-refractivity contribution in [1.29, 1.82) is 0 Å². The molecule has 1 aromatic carbocycles. The highest BCUT2D eigenvalue weighted by molar-refractivity contribution is 5.49. The second kappa shape index (κ2) is 4.11. The molecule has 5 N–H and O–H groups in total. The van der Waals surface area contributed by atoms with Gasteiger partial charge in [-0.05, 0) is 6.07 Å². The number of nitrogens with two attached hydrogens (primary N) is 2. The second-order valence-corrected chi connectivity index (χ2v) is 2.79. The van der Waals surface area contributed by atoms with E-state index in [-0.39, 0.29) is 6.61 Å². The third-order valence-corrected chi connectivity index (χ3v) is 1.85. The molecule has 0 saturated carbocycles. The van der Waals surface area contributed by atoms with Crippen molar-refractivity contribution in [3.63, 3.8) is 0 Å². The first-order valence-electron chi connectivity index (χ1n) is 3.99. The second-order valence-electron chi connectivity index (χ2n) is 2.79. The molecule has 4 heteroatoms. The molecule has 0 amide bonds. The van der Waals surface area contributed by atoms with Crippen LogP contribution in [0.3, 0.4) is 0 Å². The number of anilines is 1. The Bertz CT molecular complexity index is 289. The summed E-state index contributed by atoms with van der Waals surface area (Å²) in [7, 11) is 1.54. The smallest absolute Gasteiger partial charge is 0.125 e. The molecule has 72 valence electrons. The van der Waals surface area contributed by atoms with Gasteiger partial charge in [0.25, 0.3) is 0 Å². The van der Waals surface area contributed by atoms with Crippen LogP contribution in [0.1, 0.15) is 11.6 Å². The Kier molecular flexibility index (Phi) is 3.11. The minimum atomic E-state index is -0.421. The highest BCUT2D eigenvalue weighted by Gasteiger charge is 2.10. The minimum Gasteiger partial charge on any atom is -0.496 e. The van der Waals surface area contributed by atoms with E-state index in [0.717, 1.165) is 5.56 Å². The third kappa shape index (κ3) is 2.11. The fraction of sp³-hybridized carbons (Fsp3) is 0.333. The zero-order valence-corrected chi connectivity index (χ0v) is 7.53. The van der Waals surface area contributed by atoms with Crippen molar-refractivity contribution in [2.75, 3.05) is 19.5 Å². The van der Waals surface area contributed by atoms with Gasteiger partial charge in [-0.15, -0.1) is 0 Å². The number of aliphatic hydroxyl groups excluding tert-OH is 1. The molecule has 1 aromatic rings. The summed E-state index contributed by atoms with van der Waals surface area (Å²) in [6.45, 7) is -0.111. The lowest BCUT2D eigenvalue weighted by molar-refractivity contribution is 0.264. The summed E-state index contributed by atoms with van der Waals surface area (Å²) in [5.41, 5.74) is 12.6. The molecule has 0 aliphatic rings. The number of benzene rings is 1. The van der Waals surface area contributed by atoms with E-state index >= 15 is 0 Å². The zero-order chi connectivity index (χ0) is 9.84. The van der Waals surface area contributed by atoms with Crippen LogP contribution in [-0.2, 0) is 0 Å². The van der Waals surface area contributed by atoms with E-state index in [4.69, 9.17) is 21.3 Å². The van der Waals surface area contributed by atoms with E-state index in [1.54, 1.807) is 25.3 Å². The van der Waals surface area contributed by atoms with Gasteiger partial charge in [0.05, 0.1) is 19.8 Å². The highest BCUT2D eigenvalue weighted by atomic mass is 16.5. The fourth-order valence-corrected chi connectivity index (χ4v) is 1.13. The van der Waals surface area contributed by atoms with Gasteiger partial charge in [0.15, 0.2) is 0 Å². The molecule has 0 fully saturated rings. The molecular formula is C9H14N2O2. The largest absolute Gasteiger partial charge is 0.496 e. The Labute approximate surface area is 77.1 Å². The van der Waals surface area contributed by atoms with Crippen LogP contribution < -0.4 is 16.2 Å². The zero-order valence-electron chi connectivity index (χ0n) is 7.53. The highest BCUT2D eigenvalue weighted by Crippen LogP contribution is 2.25. The van der Waals surface area contributed by atoms with Gasteiger partial charge < -0.3 is 21.3 Å². The van der Waals surface area contributed by atoms with Gasteiger partial charge in [-0.3, -0.25) is 0 Å². The third-order valence-electron chi connectivity index (χ3n) is 1.85. The van der Waals surface area contributed by atoms with Crippen LogP contribution in [0.25, 0.3) is 0 Å². The van der Waals surface area contributed by atoms with E-state index < -0.39 is 6.04 Å². The van der Waals surface area contributed by atoms with Crippen molar-refractivity contribution in [3.05, 3.63) is 23.8 Å². The fourth-order valence-electron chi connectivity index (χ4n) is 1.13. The van der Waals surface area contributed by atoms with Crippen LogP contribution in [-0.4, -0.2) is 18.8 Å². The Hall–Kier alpha value is -1.26. The monoisotopic (exact) mass is 182 g/mol. The molecule has 0 saturated heterocycles. The topological polar surface area (TPSA) is 81.5 Å². The maximum Gasteiger partial charge on any atom is 0.125 e. The summed E-state index contributed by atoms with van der Waals surface area (Å²) in [6.07, 6.45) is 0. The minimum absolute atomic E-state index is 0.111. The van der Waals surface area contributed by atoms with Crippen LogP contribution in [0, 0.1) is 0 Å². The van der Waals surface area contributed by atoms with Gasteiger partial charge in [0, 0.05) is 17.3 Å². The molecular weight excluding hydrogens is 168 g/mol. The average molecular weight is 182 g/mol. The molecule has 0 aromatic heterocycles. The number of rotatable bonds is 3. The van der Waals surface area contributed by atoms with Crippen molar-refractivity contribution in [3.8, 4) is 5.75 Å². The van der Waals surface area contributed by atoms with Crippen molar-refractivity contribution in [2.24, 2.45) is 5.73 Å². The van der Waals surface area contributed by atoms with Crippen LogP contribution in [0.4, 0.5) is 5.69 Å². The van der Waals surface area contributed by atoms with Crippen LogP contribution >= 0.6 is 0 Å². The summed E-state index contributed by atoms with van der Waals surface area (Å²) >= 11 is 0. The van der Waals surface area contributed by atoms with Gasteiger partial charge in [-0.2, -0.15) is 0 Å². The normalized spacial score (nSPS) is 12.5. The Morgan fingerprint density at radius 1 is 1.54 bits per heavy atom. The van der Waals surface area contributed by atoms with Crippen molar-refractivity contribution in [1.82, 2.24) is 0 Å². The van der Waals surface area contributed by atoms with E-state index in [0.29, 0.717) is 11.4 Å². The van der Waals surface area contributed by atoms with Gasteiger partial charge >= 0.3 is 0 Å². The molecule has 4 nitrogen and oxygen atoms in total. The summed E-state index contributed by atoms with van der Waals surface area (Å²) in [5.74, 6) is 0.613. The Morgan fingerprint density at radius 2 is 2.23 bits per heavy atom. The van der Waals surface area contributed by atoms with E-state index in [2.05, 4.69) is 0 Å². The SMILES string of the molecule is COc1cc(N)ccc1[C@H](N)CO. The standard InChI is InChI=1S/C9H14N2O2/c1-13-9-4-6(10)2-3-7(9)8(11)5-12/h2-4,8,12H,5,10-11H2,1H3/t8-/m1/s1. The number of nitrogen functional groups attached to an aromatic ring is 1. The average Bonchev–Trinajstić information content (AvgIpc) is 2.16. The number of ether oxygens (including phenoxy) is 1. The number of hydrogen-bond acceptors (Lipinski definition) is 4. The van der Waals surface area contributed by atoms with Gasteiger partial charge in [0.1, 0.15) is 5.75 Å². The lowest BCUT2D eigenvalue weighted by Gasteiger charge is -2.13. The molecule has 0 heterocycles. The summed E-state index contributed by atoms with van der Waals surface area (Å²) in [4.78, 5) is 0. The Balaban J connectivity index is 3.05. The molecule has 13 heavy (non-hydrogen) atoms. The maximum absolute atomic E-state index is 8.87. The van der Waals surface area contributed by atoms with Crippen molar-refractivity contribution in [2.45, 2.75) is 6.04 Å². The molecule has 0 spiro atoms. The summed E-state index contributed by atoms with van der Waals surface area (Å²) in [5, 5.41) is 8.87. The van der Waals surface area contributed by atoms with E-state index in [1.807, 2.05) is 0 Å². The predicted molar refractivity (Wildman–Crippen MR) is 51.4 cm³/mol. The van der Waals surface area contributed by atoms with Crippen molar-refractivity contribution < 1.29 is 9.84 Å². The molecule has 0 aliphatic heterocycles. The molecule has 0 aliphatic carbocycles.